The number of rotatable bonds is 4. The van der Waals surface area contributed by atoms with Crippen LogP contribution in [0.4, 0.5) is 10.2 Å². The smallest absolute Gasteiger partial charge is 0.260 e. The molecule has 0 aliphatic carbocycles. The van der Waals surface area contributed by atoms with Crippen molar-refractivity contribution < 1.29 is 9.18 Å². The molecule has 1 N–H and O–H groups in total. The number of nitrogens with one attached hydrogen (secondary N) is 1. The van der Waals surface area contributed by atoms with Crippen LogP contribution >= 0.6 is 11.6 Å². The molecular weight excluding hydrogens is 321 g/mol. The number of amides is 1. The zero-order valence-electron chi connectivity index (χ0n) is 12.2. The van der Waals surface area contributed by atoms with Crippen molar-refractivity contribution in [1.29, 1.82) is 0 Å². The Morgan fingerprint density at radius 2 is 2.04 bits per heavy atom. The molecule has 3 aromatic rings. The fraction of sp³-hybridized carbons (Fsp3) is 0.133. The lowest BCUT2D eigenvalue weighted by Crippen LogP contribution is -2.12. The second-order valence-corrected chi connectivity index (χ2v) is 5.41. The second kappa shape index (κ2) is 6.21. The van der Waals surface area contributed by atoms with Crippen LogP contribution in [-0.4, -0.2) is 25.5 Å². The molecule has 3 rings (SSSR count). The Hall–Kier alpha value is -2.67. The highest BCUT2D eigenvalue weighted by Gasteiger charge is 2.13. The molecule has 2 aromatic heterocycles. The van der Waals surface area contributed by atoms with Crippen molar-refractivity contribution in [1.82, 2.24) is 19.6 Å². The van der Waals surface area contributed by atoms with Gasteiger partial charge in [-0.3, -0.25) is 14.2 Å². The Morgan fingerprint density at radius 1 is 1.30 bits per heavy atom. The molecule has 0 aliphatic rings. The monoisotopic (exact) mass is 333 g/mol. The van der Waals surface area contributed by atoms with Crippen molar-refractivity contribution in [3.05, 3.63) is 64.8 Å². The minimum atomic E-state index is -0.341. The van der Waals surface area contributed by atoms with E-state index < -0.39 is 0 Å². The van der Waals surface area contributed by atoms with E-state index in [0.717, 1.165) is 5.56 Å². The quantitative estimate of drug-likeness (QED) is 0.798. The van der Waals surface area contributed by atoms with Crippen LogP contribution in [0.15, 0.2) is 42.9 Å². The molecule has 1 aromatic carbocycles. The van der Waals surface area contributed by atoms with Crippen LogP contribution in [-0.2, 0) is 13.6 Å². The van der Waals surface area contributed by atoms with Crippen LogP contribution in [0.2, 0.25) is 5.02 Å². The molecule has 0 spiro atoms. The molecule has 8 heteroatoms. The number of carbonyl (C=O) groups is 1. The van der Waals surface area contributed by atoms with E-state index in [0.29, 0.717) is 17.1 Å². The maximum absolute atomic E-state index is 12.9. The van der Waals surface area contributed by atoms with Gasteiger partial charge >= 0.3 is 0 Å². The summed E-state index contributed by atoms with van der Waals surface area (Å²) in [7, 11) is 1.72. The molecule has 118 valence electrons. The van der Waals surface area contributed by atoms with Crippen molar-refractivity contribution in [2.24, 2.45) is 7.05 Å². The number of benzene rings is 1. The highest BCUT2D eigenvalue weighted by atomic mass is 35.5. The highest BCUT2D eigenvalue weighted by Crippen LogP contribution is 2.20. The number of nitrogens with zero attached hydrogens (tertiary/aromatic N) is 4. The molecule has 0 saturated heterocycles. The van der Waals surface area contributed by atoms with Gasteiger partial charge < -0.3 is 5.32 Å². The first-order chi connectivity index (χ1) is 11.0. The van der Waals surface area contributed by atoms with Crippen molar-refractivity contribution in [2.75, 3.05) is 5.32 Å². The Labute approximate surface area is 136 Å². The highest BCUT2D eigenvalue weighted by molar-refractivity contribution is 6.33. The van der Waals surface area contributed by atoms with Gasteiger partial charge in [-0.15, -0.1) is 0 Å². The lowest BCUT2D eigenvalue weighted by molar-refractivity contribution is 0.102. The lowest BCUT2D eigenvalue weighted by Gasteiger charge is -2.02. The first-order valence-electron chi connectivity index (χ1n) is 6.78. The first kappa shape index (κ1) is 15.2. The van der Waals surface area contributed by atoms with Gasteiger partial charge in [0.1, 0.15) is 10.8 Å². The van der Waals surface area contributed by atoms with Gasteiger partial charge in [-0.25, -0.2) is 4.39 Å². The molecule has 0 radical (unpaired) electrons. The topological polar surface area (TPSA) is 64.7 Å². The van der Waals surface area contributed by atoms with Crippen molar-refractivity contribution in [2.45, 2.75) is 6.54 Å². The summed E-state index contributed by atoms with van der Waals surface area (Å²) >= 11 is 6.09. The normalized spacial score (nSPS) is 10.7. The zero-order chi connectivity index (χ0) is 16.4. The molecule has 0 unspecified atom stereocenters. The van der Waals surface area contributed by atoms with Crippen molar-refractivity contribution >= 4 is 23.3 Å². The van der Waals surface area contributed by atoms with Crippen LogP contribution in [0.1, 0.15) is 15.9 Å². The predicted octanol–water partition coefficient (Wildman–Crippen LogP) is 2.71. The van der Waals surface area contributed by atoms with E-state index in [1.54, 1.807) is 36.3 Å². The van der Waals surface area contributed by atoms with E-state index >= 15 is 0 Å². The van der Waals surface area contributed by atoms with Crippen LogP contribution in [0, 0.1) is 5.82 Å². The molecule has 6 nitrogen and oxygen atoms in total. The summed E-state index contributed by atoms with van der Waals surface area (Å²) in [5.74, 6) is -0.369. The van der Waals surface area contributed by atoms with E-state index in [1.807, 2.05) is 0 Å². The maximum Gasteiger partial charge on any atom is 0.260 e. The van der Waals surface area contributed by atoms with E-state index in [-0.39, 0.29) is 17.5 Å². The van der Waals surface area contributed by atoms with Crippen molar-refractivity contribution in [3.63, 3.8) is 0 Å². The first-order valence-corrected chi connectivity index (χ1v) is 7.16. The third-order valence-corrected chi connectivity index (χ3v) is 3.45. The van der Waals surface area contributed by atoms with Crippen LogP contribution in [0.25, 0.3) is 0 Å². The van der Waals surface area contributed by atoms with Crippen LogP contribution < -0.4 is 5.32 Å². The number of hydrogen-bond acceptors (Lipinski definition) is 3. The number of aryl methyl sites for hydroxylation is 1. The Balaban J connectivity index is 1.73. The van der Waals surface area contributed by atoms with E-state index in [4.69, 9.17) is 11.6 Å². The third kappa shape index (κ3) is 3.57. The summed E-state index contributed by atoms with van der Waals surface area (Å²) in [5.41, 5.74) is 1.28. The number of carbonyl (C=O) groups excluding carboxylic acids is 1. The van der Waals surface area contributed by atoms with Gasteiger partial charge in [0.15, 0.2) is 5.82 Å². The average Bonchev–Trinajstić information content (AvgIpc) is 3.08. The van der Waals surface area contributed by atoms with E-state index in [2.05, 4.69) is 15.5 Å². The summed E-state index contributed by atoms with van der Waals surface area (Å²) in [6.45, 7) is 0.419. The SMILES string of the molecule is Cn1cc(C(=O)Nc2nn(Cc3ccc(F)cc3)cc2Cl)cn1. The van der Waals surface area contributed by atoms with Gasteiger partial charge in [-0.2, -0.15) is 10.2 Å². The fourth-order valence-corrected chi connectivity index (χ4v) is 2.26. The van der Waals surface area contributed by atoms with Gasteiger partial charge in [0.2, 0.25) is 0 Å². The second-order valence-electron chi connectivity index (χ2n) is 5.01. The molecule has 0 bridgehead atoms. The summed E-state index contributed by atoms with van der Waals surface area (Å²) in [5, 5.41) is 11.1. The number of halogens is 2. The fourth-order valence-electron chi connectivity index (χ4n) is 2.06. The maximum atomic E-state index is 12.9. The molecule has 0 fully saturated rings. The molecule has 1 amide bonds. The molecular formula is C15H13ClFN5O. The van der Waals surface area contributed by atoms with Gasteiger partial charge in [0.25, 0.3) is 5.91 Å². The zero-order valence-corrected chi connectivity index (χ0v) is 13.0. The Bertz CT molecular complexity index is 840. The predicted molar refractivity (Wildman–Crippen MR) is 83.9 cm³/mol. The van der Waals surface area contributed by atoms with Crippen LogP contribution in [0.3, 0.4) is 0 Å². The molecule has 0 saturated carbocycles. The number of aromatic nitrogens is 4. The Morgan fingerprint density at radius 3 is 2.70 bits per heavy atom. The van der Waals surface area contributed by atoms with Gasteiger partial charge in [0.05, 0.1) is 18.3 Å². The van der Waals surface area contributed by atoms with E-state index in [9.17, 15) is 9.18 Å². The molecule has 0 aliphatic heterocycles. The number of anilines is 1. The van der Waals surface area contributed by atoms with Gasteiger partial charge in [-0.05, 0) is 17.7 Å². The molecule has 2 heterocycles. The molecule has 0 atom stereocenters. The summed E-state index contributed by atoms with van der Waals surface area (Å²) in [6.07, 6.45) is 4.65. The van der Waals surface area contributed by atoms with Crippen molar-refractivity contribution in [3.8, 4) is 0 Å². The Kier molecular flexibility index (Phi) is 4.12. The third-order valence-electron chi connectivity index (χ3n) is 3.17. The average molecular weight is 334 g/mol. The summed E-state index contributed by atoms with van der Waals surface area (Å²) < 4.78 is 16.0. The summed E-state index contributed by atoms with van der Waals surface area (Å²) in [6, 6.07) is 6.09. The van der Waals surface area contributed by atoms with Crippen LogP contribution in [0.5, 0.6) is 0 Å². The summed E-state index contributed by atoms with van der Waals surface area (Å²) in [4.78, 5) is 12.1. The van der Waals surface area contributed by atoms with E-state index in [1.165, 1.54) is 23.0 Å². The standard InChI is InChI=1S/C15H13ClFN5O/c1-21-8-11(6-18-21)15(23)19-14-13(16)9-22(20-14)7-10-2-4-12(17)5-3-10/h2-6,8-9H,7H2,1H3,(H,19,20,23). The molecule has 23 heavy (non-hydrogen) atoms. The largest absolute Gasteiger partial charge is 0.304 e. The lowest BCUT2D eigenvalue weighted by atomic mass is 10.2. The minimum absolute atomic E-state index is 0.266. The van der Waals surface area contributed by atoms with Gasteiger partial charge in [0, 0.05) is 19.4 Å². The number of hydrogen-bond donors (Lipinski definition) is 1. The minimum Gasteiger partial charge on any atom is -0.304 e. The van der Waals surface area contributed by atoms with Gasteiger partial charge in [-0.1, -0.05) is 23.7 Å².